The zero-order chi connectivity index (χ0) is 16.8. The minimum absolute atomic E-state index is 0.330. The van der Waals surface area contributed by atoms with Crippen LogP contribution >= 0.6 is 0 Å². The van der Waals surface area contributed by atoms with Gasteiger partial charge in [-0.3, -0.25) is 4.79 Å². The van der Waals surface area contributed by atoms with Gasteiger partial charge in [-0.2, -0.15) is 0 Å². The number of hydrogen-bond donors (Lipinski definition) is 1. The maximum atomic E-state index is 10.7. The third-order valence-electron chi connectivity index (χ3n) is 3.43. The van der Waals surface area contributed by atoms with Crippen LogP contribution < -0.4 is 0 Å². The first-order valence-corrected chi connectivity index (χ1v) is 8.08. The third-order valence-corrected chi connectivity index (χ3v) is 3.43. The molecular formula is C17H34O2. The summed E-state index contributed by atoms with van der Waals surface area (Å²) < 4.78 is 22.2. The molecule has 0 bridgehead atoms. The molecule has 0 aliphatic heterocycles. The second-order valence-electron chi connectivity index (χ2n) is 5.33. The highest BCUT2D eigenvalue weighted by atomic mass is 16.4. The van der Waals surface area contributed by atoms with Gasteiger partial charge < -0.3 is 5.11 Å². The second-order valence-corrected chi connectivity index (χ2v) is 5.33. The van der Waals surface area contributed by atoms with E-state index in [1.807, 2.05) is 0 Å². The maximum absolute atomic E-state index is 10.7. The highest BCUT2D eigenvalue weighted by molar-refractivity contribution is 5.66. The van der Waals surface area contributed by atoms with Crippen LogP contribution in [0.3, 0.4) is 0 Å². The van der Waals surface area contributed by atoms with Gasteiger partial charge in [-0.25, -0.2) is 0 Å². The van der Waals surface area contributed by atoms with Gasteiger partial charge in [0.05, 0.1) is 0 Å². The molecule has 0 saturated heterocycles. The lowest BCUT2D eigenvalue weighted by molar-refractivity contribution is -0.137. The van der Waals surface area contributed by atoms with Crippen LogP contribution in [-0.4, -0.2) is 11.1 Å². The van der Waals surface area contributed by atoms with Gasteiger partial charge in [0.2, 0.25) is 0 Å². The maximum Gasteiger partial charge on any atom is 0.303 e. The largest absolute Gasteiger partial charge is 0.481 e. The highest BCUT2D eigenvalue weighted by Gasteiger charge is 1.96. The fourth-order valence-corrected chi connectivity index (χ4v) is 2.25. The molecule has 0 heterocycles. The molecule has 0 fully saturated rings. The average Bonchev–Trinajstić information content (AvgIpc) is 2.47. The van der Waals surface area contributed by atoms with Gasteiger partial charge in [-0.15, -0.1) is 0 Å². The van der Waals surface area contributed by atoms with Gasteiger partial charge in [-0.1, -0.05) is 90.4 Å². The van der Waals surface area contributed by atoms with Gasteiger partial charge in [0.1, 0.15) is 0 Å². The monoisotopic (exact) mass is 273 g/mol. The Labute approximate surface area is 124 Å². The van der Waals surface area contributed by atoms with Crippen molar-refractivity contribution in [3.63, 3.8) is 0 Å². The quantitative estimate of drug-likeness (QED) is 0.375. The summed E-state index contributed by atoms with van der Waals surface area (Å²) in [6.45, 7) is 2.23. The Morgan fingerprint density at radius 3 is 1.53 bits per heavy atom. The van der Waals surface area contributed by atoms with Crippen LogP contribution in [-0.2, 0) is 4.79 Å². The molecule has 2 heteroatoms. The smallest absolute Gasteiger partial charge is 0.303 e. The predicted octanol–water partition coefficient (Wildman–Crippen LogP) is 5.94. The fraction of sp³-hybridized carbons (Fsp3) is 0.941. The summed E-state index contributed by atoms with van der Waals surface area (Å²) in [4.78, 5) is 10.7. The van der Waals surface area contributed by atoms with Crippen LogP contribution in [0.15, 0.2) is 0 Å². The van der Waals surface area contributed by atoms with Crippen molar-refractivity contribution >= 4 is 5.97 Å². The average molecular weight is 273 g/mol. The van der Waals surface area contributed by atoms with Crippen molar-refractivity contribution in [3.8, 4) is 0 Å². The number of carboxylic acid groups (broad SMARTS) is 1. The van der Waals surface area contributed by atoms with Crippen molar-refractivity contribution < 1.29 is 14.0 Å². The molecule has 0 aromatic rings. The molecule has 1 atom stereocenters. The number of unbranched alkanes of at least 4 members (excludes halogenated alkanes) is 11. The lowest BCUT2D eigenvalue weighted by atomic mass is 10.0. The van der Waals surface area contributed by atoms with E-state index in [1.165, 1.54) is 57.8 Å². The van der Waals surface area contributed by atoms with Crippen LogP contribution in [0.25, 0.3) is 0 Å². The lowest BCUT2D eigenvalue weighted by Crippen LogP contribution is -1.93. The lowest BCUT2D eigenvalue weighted by Gasteiger charge is -2.02. The molecule has 0 aromatic heterocycles. The summed E-state index contributed by atoms with van der Waals surface area (Å²) in [5.74, 6) is -1.52. The Kier molecular flexibility index (Phi) is 11.0. The molecule has 19 heavy (non-hydrogen) atoms. The van der Waals surface area contributed by atoms with Crippen LogP contribution in [0.1, 0.15) is 107 Å². The molecule has 114 valence electrons. The van der Waals surface area contributed by atoms with E-state index in [4.69, 9.17) is 9.22 Å². The molecule has 0 aromatic carbocycles. The minimum Gasteiger partial charge on any atom is -0.481 e. The van der Waals surface area contributed by atoms with Crippen LogP contribution in [0.2, 0.25) is 0 Å². The molecular weight excluding hydrogens is 236 g/mol. The standard InChI is InChI=1S/C17H34O2/c1-2-3-4-5-6-7-8-9-10-11-12-13-14-15-16-17(18)19/h2-16H2,1H3,(H,18,19)/i15D,16D2. The van der Waals surface area contributed by atoms with Gasteiger partial charge in [0, 0.05) is 10.5 Å². The van der Waals surface area contributed by atoms with E-state index in [-0.39, 0.29) is 0 Å². The molecule has 0 aliphatic rings. The normalized spacial score (nSPS) is 15.5. The molecule has 1 unspecified atom stereocenters. The van der Waals surface area contributed by atoms with E-state index in [2.05, 4.69) is 6.92 Å². The third kappa shape index (κ3) is 17.5. The molecule has 0 radical (unpaired) electrons. The van der Waals surface area contributed by atoms with Gasteiger partial charge in [0.25, 0.3) is 0 Å². The van der Waals surface area contributed by atoms with Crippen molar-refractivity contribution in [1.29, 1.82) is 0 Å². The van der Waals surface area contributed by atoms with Crippen LogP contribution in [0.4, 0.5) is 0 Å². The molecule has 0 rings (SSSR count). The van der Waals surface area contributed by atoms with E-state index in [0.717, 1.165) is 19.3 Å². The van der Waals surface area contributed by atoms with Crippen molar-refractivity contribution in [3.05, 3.63) is 0 Å². The summed E-state index contributed by atoms with van der Waals surface area (Å²) >= 11 is 0. The molecule has 0 spiro atoms. The number of aliphatic carboxylic acids is 1. The van der Waals surface area contributed by atoms with Crippen molar-refractivity contribution in [2.24, 2.45) is 0 Å². The van der Waals surface area contributed by atoms with Crippen molar-refractivity contribution in [2.75, 3.05) is 0 Å². The Morgan fingerprint density at radius 1 is 0.789 bits per heavy atom. The second kappa shape index (κ2) is 15.5. The summed E-state index contributed by atoms with van der Waals surface area (Å²) in [6, 6.07) is 0. The highest BCUT2D eigenvalue weighted by Crippen LogP contribution is 2.13. The number of rotatable bonds is 15. The molecule has 0 aliphatic carbocycles. The fourth-order valence-electron chi connectivity index (χ4n) is 2.25. The Morgan fingerprint density at radius 2 is 1.16 bits per heavy atom. The van der Waals surface area contributed by atoms with Crippen LogP contribution in [0, 0.1) is 0 Å². The summed E-state index contributed by atoms with van der Waals surface area (Å²) in [6.07, 6.45) is 11.4. The van der Waals surface area contributed by atoms with Crippen molar-refractivity contribution in [2.45, 2.75) is 103 Å². The van der Waals surface area contributed by atoms with Gasteiger partial charge in [0.15, 0.2) is 0 Å². The number of hydrogen-bond acceptors (Lipinski definition) is 1. The van der Waals surface area contributed by atoms with E-state index < -0.39 is 18.7 Å². The first-order valence-electron chi connectivity index (χ1n) is 9.66. The summed E-state index contributed by atoms with van der Waals surface area (Å²) in [5, 5.41) is 8.71. The van der Waals surface area contributed by atoms with E-state index in [1.54, 1.807) is 0 Å². The summed E-state index contributed by atoms with van der Waals surface area (Å²) in [7, 11) is 0. The Balaban J connectivity index is 3.35. The molecule has 1 N–H and O–H groups in total. The number of carboxylic acids is 1. The van der Waals surface area contributed by atoms with Crippen LogP contribution in [0.5, 0.6) is 0 Å². The van der Waals surface area contributed by atoms with E-state index >= 15 is 0 Å². The first kappa shape index (κ1) is 13.5. The zero-order valence-electron chi connectivity index (χ0n) is 15.6. The topological polar surface area (TPSA) is 37.3 Å². The van der Waals surface area contributed by atoms with E-state index in [9.17, 15) is 4.79 Å². The van der Waals surface area contributed by atoms with Gasteiger partial charge in [-0.05, 0) is 6.40 Å². The molecule has 2 nitrogen and oxygen atoms in total. The SMILES string of the molecule is [2H]C(CCCCCCCCCCCCCC)C([2H])([2H])C(=O)O. The Hall–Kier alpha value is -0.530. The van der Waals surface area contributed by atoms with Gasteiger partial charge >= 0.3 is 5.97 Å². The predicted molar refractivity (Wildman–Crippen MR) is 82.6 cm³/mol. The Bertz CT molecular complexity index is 283. The van der Waals surface area contributed by atoms with Crippen molar-refractivity contribution in [1.82, 2.24) is 0 Å². The zero-order valence-corrected chi connectivity index (χ0v) is 12.6. The molecule has 0 saturated carbocycles. The number of carbonyl (C=O) groups is 1. The minimum atomic E-state index is -2.42. The first-order chi connectivity index (χ1) is 10.4. The molecule has 0 amide bonds. The van der Waals surface area contributed by atoms with E-state index in [0.29, 0.717) is 6.42 Å². The summed E-state index contributed by atoms with van der Waals surface area (Å²) in [5.41, 5.74) is 0.